The Kier molecular flexibility index (Phi) is 4.69. The highest BCUT2D eigenvalue weighted by Crippen LogP contribution is 2.36. The fraction of sp³-hybridized carbons (Fsp3) is 0.211. The lowest BCUT2D eigenvalue weighted by Gasteiger charge is -2.38. The largest absolute Gasteiger partial charge is 0.416 e. The van der Waals surface area contributed by atoms with Crippen LogP contribution in [0.1, 0.15) is 22.2 Å². The maximum Gasteiger partial charge on any atom is 0.416 e. The number of nitrogens with one attached hydrogen (secondary N) is 1. The SMILES string of the molecule is FC(F)(F)c1cccc(NC(=S)N2CCn3cccc3C2c2cccs2)c1. The third-order valence-electron chi connectivity index (χ3n) is 4.55. The topological polar surface area (TPSA) is 20.2 Å². The molecular weight excluding hydrogens is 391 g/mol. The predicted octanol–water partition coefficient (Wildman–Crippen LogP) is 5.37. The summed E-state index contributed by atoms with van der Waals surface area (Å²) in [5.74, 6) is 0. The molecular formula is C19H16F3N3S2. The summed E-state index contributed by atoms with van der Waals surface area (Å²) in [5, 5.41) is 5.42. The molecule has 4 rings (SSSR count). The summed E-state index contributed by atoms with van der Waals surface area (Å²) in [4.78, 5) is 3.18. The van der Waals surface area contributed by atoms with Gasteiger partial charge in [0.15, 0.2) is 5.11 Å². The standard InChI is InChI=1S/C19H16F3N3S2/c20-19(21,22)13-4-1-5-14(12-13)23-18(26)25-10-9-24-8-2-6-15(24)17(25)16-7-3-11-27-16/h1-8,11-12,17H,9-10H2,(H,23,26). The zero-order valence-corrected chi connectivity index (χ0v) is 15.7. The summed E-state index contributed by atoms with van der Waals surface area (Å²) in [6.45, 7) is 1.45. The van der Waals surface area contributed by atoms with E-state index in [4.69, 9.17) is 12.2 Å². The molecule has 1 aromatic carbocycles. The molecule has 1 aliphatic rings. The van der Waals surface area contributed by atoms with Crippen LogP contribution in [0.25, 0.3) is 0 Å². The number of nitrogens with zero attached hydrogens (tertiary/aromatic N) is 2. The number of halogens is 3. The van der Waals surface area contributed by atoms with Crippen LogP contribution in [-0.4, -0.2) is 21.1 Å². The average Bonchev–Trinajstić information content (AvgIpc) is 3.32. The second kappa shape index (κ2) is 7.01. The number of fused-ring (bicyclic) bond motifs is 1. The molecule has 0 saturated carbocycles. The summed E-state index contributed by atoms with van der Waals surface area (Å²) in [5.41, 5.74) is 0.759. The highest BCUT2D eigenvalue weighted by atomic mass is 32.1. The zero-order valence-electron chi connectivity index (χ0n) is 14.1. The highest BCUT2D eigenvalue weighted by Gasteiger charge is 2.32. The van der Waals surface area contributed by atoms with Gasteiger partial charge in [-0.1, -0.05) is 12.1 Å². The molecule has 1 unspecified atom stereocenters. The van der Waals surface area contributed by atoms with E-state index in [9.17, 15) is 13.2 Å². The lowest BCUT2D eigenvalue weighted by Crippen LogP contribution is -2.44. The molecule has 1 atom stereocenters. The van der Waals surface area contributed by atoms with Crippen LogP contribution in [0.5, 0.6) is 0 Å². The summed E-state index contributed by atoms with van der Waals surface area (Å²) in [7, 11) is 0. The van der Waals surface area contributed by atoms with Crippen molar-refractivity contribution in [1.82, 2.24) is 9.47 Å². The second-order valence-corrected chi connectivity index (χ2v) is 7.61. The molecule has 8 heteroatoms. The zero-order chi connectivity index (χ0) is 19.0. The van der Waals surface area contributed by atoms with Crippen LogP contribution in [0.4, 0.5) is 18.9 Å². The van der Waals surface area contributed by atoms with E-state index in [2.05, 4.69) is 22.0 Å². The molecule has 3 nitrogen and oxygen atoms in total. The van der Waals surface area contributed by atoms with E-state index in [1.54, 1.807) is 17.4 Å². The molecule has 0 saturated heterocycles. The van der Waals surface area contributed by atoms with Crippen molar-refractivity contribution < 1.29 is 13.2 Å². The Morgan fingerprint density at radius 3 is 2.70 bits per heavy atom. The van der Waals surface area contributed by atoms with E-state index < -0.39 is 11.7 Å². The minimum Gasteiger partial charge on any atom is -0.347 e. The third kappa shape index (κ3) is 3.59. The van der Waals surface area contributed by atoms with Gasteiger partial charge in [0, 0.05) is 35.5 Å². The number of benzene rings is 1. The Hall–Kier alpha value is -2.32. The van der Waals surface area contributed by atoms with Gasteiger partial charge in [0.2, 0.25) is 0 Å². The molecule has 1 N–H and O–H groups in total. The Morgan fingerprint density at radius 2 is 1.96 bits per heavy atom. The summed E-state index contributed by atoms with van der Waals surface area (Å²) in [6, 6.07) is 13.2. The van der Waals surface area contributed by atoms with Crippen molar-refractivity contribution in [2.24, 2.45) is 0 Å². The Labute approximate surface area is 164 Å². The van der Waals surface area contributed by atoms with Crippen molar-refractivity contribution in [3.8, 4) is 0 Å². The van der Waals surface area contributed by atoms with Gasteiger partial charge in [0.05, 0.1) is 5.56 Å². The van der Waals surface area contributed by atoms with Gasteiger partial charge in [0.1, 0.15) is 6.04 Å². The molecule has 1 aliphatic heterocycles. The highest BCUT2D eigenvalue weighted by molar-refractivity contribution is 7.80. The molecule has 2 aromatic heterocycles. The van der Waals surface area contributed by atoms with E-state index in [1.807, 2.05) is 28.6 Å². The van der Waals surface area contributed by atoms with Gasteiger partial charge < -0.3 is 14.8 Å². The summed E-state index contributed by atoms with van der Waals surface area (Å²) < 4.78 is 41.1. The van der Waals surface area contributed by atoms with Crippen molar-refractivity contribution >= 4 is 34.4 Å². The first-order valence-corrected chi connectivity index (χ1v) is 9.65. The number of hydrogen-bond acceptors (Lipinski definition) is 2. The lowest BCUT2D eigenvalue weighted by atomic mass is 10.1. The number of rotatable bonds is 2. The monoisotopic (exact) mass is 407 g/mol. The van der Waals surface area contributed by atoms with Crippen molar-refractivity contribution in [2.75, 3.05) is 11.9 Å². The smallest absolute Gasteiger partial charge is 0.347 e. The molecule has 140 valence electrons. The predicted molar refractivity (Wildman–Crippen MR) is 105 cm³/mol. The first-order chi connectivity index (χ1) is 12.9. The minimum atomic E-state index is -4.38. The molecule has 3 aromatic rings. The van der Waals surface area contributed by atoms with E-state index in [-0.39, 0.29) is 6.04 Å². The van der Waals surface area contributed by atoms with Crippen LogP contribution in [0.3, 0.4) is 0 Å². The second-order valence-electron chi connectivity index (χ2n) is 6.25. The normalized spacial score (nSPS) is 16.9. The van der Waals surface area contributed by atoms with Gasteiger partial charge in [0.25, 0.3) is 0 Å². The van der Waals surface area contributed by atoms with Crippen molar-refractivity contribution in [1.29, 1.82) is 0 Å². The van der Waals surface area contributed by atoms with Crippen LogP contribution in [0.2, 0.25) is 0 Å². The van der Waals surface area contributed by atoms with Crippen molar-refractivity contribution in [3.63, 3.8) is 0 Å². The van der Waals surface area contributed by atoms with Gasteiger partial charge in [-0.2, -0.15) is 13.2 Å². The molecule has 3 heterocycles. The quantitative estimate of drug-likeness (QED) is 0.577. The number of anilines is 1. The fourth-order valence-corrected chi connectivity index (χ4v) is 4.48. The Balaban J connectivity index is 1.62. The molecule has 0 amide bonds. The van der Waals surface area contributed by atoms with Gasteiger partial charge in [-0.25, -0.2) is 0 Å². The van der Waals surface area contributed by atoms with Gasteiger partial charge in [-0.3, -0.25) is 0 Å². The third-order valence-corrected chi connectivity index (χ3v) is 5.81. The molecule has 0 radical (unpaired) electrons. The van der Waals surface area contributed by atoms with Gasteiger partial charge in [-0.05, 0) is 54.0 Å². The van der Waals surface area contributed by atoms with E-state index >= 15 is 0 Å². The number of aromatic nitrogens is 1. The molecule has 0 aliphatic carbocycles. The summed E-state index contributed by atoms with van der Waals surface area (Å²) in [6.07, 6.45) is -2.35. The van der Waals surface area contributed by atoms with Gasteiger partial charge in [-0.15, -0.1) is 11.3 Å². The summed E-state index contributed by atoms with van der Waals surface area (Å²) >= 11 is 7.21. The van der Waals surface area contributed by atoms with E-state index in [1.165, 1.54) is 6.07 Å². The maximum absolute atomic E-state index is 13.0. The number of thiocarbonyl (C=S) groups is 1. The number of thiophene rings is 1. The van der Waals surface area contributed by atoms with E-state index in [0.717, 1.165) is 29.2 Å². The van der Waals surface area contributed by atoms with Crippen LogP contribution in [0, 0.1) is 0 Å². The van der Waals surface area contributed by atoms with Crippen LogP contribution < -0.4 is 5.32 Å². The lowest BCUT2D eigenvalue weighted by molar-refractivity contribution is -0.137. The van der Waals surface area contributed by atoms with Crippen molar-refractivity contribution in [2.45, 2.75) is 18.8 Å². The average molecular weight is 407 g/mol. The maximum atomic E-state index is 13.0. The molecule has 0 bridgehead atoms. The van der Waals surface area contributed by atoms with E-state index in [0.29, 0.717) is 17.3 Å². The van der Waals surface area contributed by atoms with Crippen molar-refractivity contribution in [3.05, 3.63) is 76.2 Å². The molecule has 0 fully saturated rings. The van der Waals surface area contributed by atoms with Crippen LogP contribution in [-0.2, 0) is 12.7 Å². The Morgan fingerprint density at radius 1 is 1.11 bits per heavy atom. The minimum absolute atomic E-state index is 0.0560. The number of alkyl halides is 3. The first-order valence-electron chi connectivity index (χ1n) is 8.37. The number of hydrogen-bond donors (Lipinski definition) is 1. The van der Waals surface area contributed by atoms with Crippen LogP contribution in [0.15, 0.2) is 60.1 Å². The fourth-order valence-electron chi connectivity index (χ4n) is 3.32. The molecule has 27 heavy (non-hydrogen) atoms. The van der Waals surface area contributed by atoms with Gasteiger partial charge >= 0.3 is 6.18 Å². The first kappa shape index (κ1) is 18.1. The Bertz CT molecular complexity index is 947. The van der Waals surface area contributed by atoms with Crippen LogP contribution >= 0.6 is 23.6 Å². The molecule has 0 spiro atoms.